The number of halogens is 1. The Bertz CT molecular complexity index is 1950. The quantitative estimate of drug-likeness (QED) is 0.168. The second kappa shape index (κ2) is 14.8. The van der Waals surface area contributed by atoms with Gasteiger partial charge in [0.25, 0.3) is 5.56 Å². The summed E-state index contributed by atoms with van der Waals surface area (Å²) < 4.78 is 31.2. The maximum atomic E-state index is 14.3. The van der Waals surface area contributed by atoms with Crippen molar-refractivity contribution in [3.8, 4) is 23.0 Å². The minimum Gasteiger partial charge on any atom is -0.497 e. The van der Waals surface area contributed by atoms with Crippen LogP contribution in [0, 0.1) is 0 Å². The van der Waals surface area contributed by atoms with Crippen LogP contribution in [0.15, 0.2) is 86.2 Å². The second-order valence-corrected chi connectivity index (χ2v) is 12.2. The number of rotatable bonds is 12. The van der Waals surface area contributed by atoms with Gasteiger partial charge in [0.1, 0.15) is 24.1 Å². The molecule has 0 fully saturated rings. The molecule has 46 heavy (non-hydrogen) atoms. The van der Waals surface area contributed by atoms with E-state index in [0.717, 1.165) is 17.5 Å². The summed E-state index contributed by atoms with van der Waals surface area (Å²) in [6.07, 6.45) is 3.05. The van der Waals surface area contributed by atoms with Gasteiger partial charge in [-0.05, 0) is 76.8 Å². The highest BCUT2D eigenvalue weighted by molar-refractivity contribution is 9.10. The van der Waals surface area contributed by atoms with Gasteiger partial charge in [0.05, 0.1) is 48.2 Å². The number of hydrogen-bond acceptors (Lipinski definition) is 9. The van der Waals surface area contributed by atoms with E-state index in [-0.39, 0.29) is 12.2 Å². The van der Waals surface area contributed by atoms with Gasteiger partial charge in [0.2, 0.25) is 0 Å². The van der Waals surface area contributed by atoms with Crippen LogP contribution < -0.4 is 33.8 Å². The Hall–Kier alpha value is -4.35. The van der Waals surface area contributed by atoms with Crippen LogP contribution in [0.25, 0.3) is 6.08 Å². The maximum absolute atomic E-state index is 14.3. The Morgan fingerprint density at radius 2 is 1.76 bits per heavy atom. The summed E-state index contributed by atoms with van der Waals surface area (Å²) in [5, 5.41) is 0. The van der Waals surface area contributed by atoms with Crippen LogP contribution in [0.4, 0.5) is 0 Å². The lowest BCUT2D eigenvalue weighted by Crippen LogP contribution is -2.40. The molecule has 0 N–H and O–H groups in total. The van der Waals surface area contributed by atoms with Crippen molar-refractivity contribution >= 4 is 39.3 Å². The Balaban J connectivity index is 1.67. The number of esters is 1. The first-order valence-electron chi connectivity index (χ1n) is 14.8. The Kier molecular flexibility index (Phi) is 10.6. The molecule has 3 aromatic carbocycles. The van der Waals surface area contributed by atoms with Gasteiger partial charge >= 0.3 is 5.97 Å². The third-order valence-electron chi connectivity index (χ3n) is 7.40. The van der Waals surface area contributed by atoms with E-state index in [1.165, 1.54) is 11.3 Å². The Labute approximate surface area is 279 Å². The summed E-state index contributed by atoms with van der Waals surface area (Å²) in [5.74, 6) is 1.59. The summed E-state index contributed by atoms with van der Waals surface area (Å²) in [7, 11) is 4.68. The molecule has 0 amide bonds. The zero-order chi connectivity index (χ0) is 32.8. The van der Waals surface area contributed by atoms with E-state index in [9.17, 15) is 9.59 Å². The first kappa shape index (κ1) is 33.0. The lowest BCUT2D eigenvalue weighted by atomic mass is 9.93. The smallest absolute Gasteiger partial charge is 0.338 e. The van der Waals surface area contributed by atoms with Gasteiger partial charge in [-0.1, -0.05) is 55.0 Å². The van der Waals surface area contributed by atoms with Gasteiger partial charge < -0.3 is 23.7 Å². The van der Waals surface area contributed by atoms with E-state index in [2.05, 4.69) is 15.9 Å². The van der Waals surface area contributed by atoms with Gasteiger partial charge in [-0.3, -0.25) is 9.36 Å². The molecule has 240 valence electrons. The van der Waals surface area contributed by atoms with Gasteiger partial charge in [-0.25, -0.2) is 9.79 Å². The predicted octanol–water partition coefficient (Wildman–Crippen LogP) is 5.95. The van der Waals surface area contributed by atoms with Gasteiger partial charge in [-0.2, -0.15) is 0 Å². The zero-order valence-corrected chi connectivity index (χ0v) is 28.7. The summed E-state index contributed by atoms with van der Waals surface area (Å²) in [6, 6.07) is 18.0. The van der Waals surface area contributed by atoms with Crippen molar-refractivity contribution in [2.45, 2.75) is 39.3 Å². The molecular formula is C35H35BrN2O7S. The number of allylic oxidation sites excluding steroid dienone is 1. The number of methoxy groups -OCH3 is 3. The van der Waals surface area contributed by atoms with E-state index in [1.54, 1.807) is 57.1 Å². The highest BCUT2D eigenvalue weighted by atomic mass is 79.9. The van der Waals surface area contributed by atoms with Gasteiger partial charge in [-0.15, -0.1) is 0 Å². The van der Waals surface area contributed by atoms with E-state index >= 15 is 0 Å². The van der Waals surface area contributed by atoms with Crippen LogP contribution in [0.1, 0.15) is 49.4 Å². The fourth-order valence-corrected chi connectivity index (χ4v) is 6.91. The van der Waals surface area contributed by atoms with Crippen molar-refractivity contribution < 1.29 is 28.5 Å². The molecule has 0 radical (unpaired) electrons. The monoisotopic (exact) mass is 706 g/mol. The first-order chi connectivity index (χ1) is 22.3. The zero-order valence-electron chi connectivity index (χ0n) is 26.3. The summed E-state index contributed by atoms with van der Waals surface area (Å²) in [6.45, 7) is 4.30. The summed E-state index contributed by atoms with van der Waals surface area (Å²) in [5.41, 5.74) is 2.90. The molecule has 9 nitrogen and oxygen atoms in total. The molecule has 2 heterocycles. The van der Waals surface area contributed by atoms with Crippen LogP contribution in [0.5, 0.6) is 23.0 Å². The van der Waals surface area contributed by atoms with Crippen molar-refractivity contribution in [2.75, 3.05) is 27.9 Å². The number of benzene rings is 3. The molecule has 1 aromatic heterocycles. The second-order valence-electron chi connectivity index (χ2n) is 10.3. The van der Waals surface area contributed by atoms with Crippen LogP contribution in [-0.2, 0) is 16.1 Å². The number of hydrogen-bond donors (Lipinski definition) is 0. The number of carbonyl (C=O) groups is 1. The normalized spacial score (nSPS) is 14.4. The van der Waals surface area contributed by atoms with Crippen molar-refractivity contribution in [3.63, 3.8) is 0 Å². The third kappa shape index (κ3) is 6.75. The molecule has 1 aliphatic rings. The number of carbonyl (C=O) groups excluding carboxylic acids is 1. The molecule has 0 saturated heterocycles. The van der Waals surface area contributed by atoms with Crippen LogP contribution in [-0.4, -0.2) is 38.5 Å². The fraction of sp³-hybridized carbons (Fsp3) is 0.286. The van der Waals surface area contributed by atoms with Crippen molar-refractivity contribution in [3.05, 3.63) is 113 Å². The largest absolute Gasteiger partial charge is 0.497 e. The Morgan fingerprint density at radius 3 is 2.43 bits per heavy atom. The summed E-state index contributed by atoms with van der Waals surface area (Å²) >= 11 is 4.88. The van der Waals surface area contributed by atoms with Gasteiger partial charge in [0, 0.05) is 5.56 Å². The molecule has 0 spiro atoms. The molecule has 0 unspecified atom stereocenters. The molecule has 0 aliphatic carbocycles. The molecule has 5 rings (SSSR count). The number of nitrogens with zero attached hydrogens (tertiary/aromatic N) is 2. The minimum absolute atomic E-state index is 0.176. The van der Waals surface area contributed by atoms with Gasteiger partial charge in [0.15, 0.2) is 16.3 Å². The van der Waals surface area contributed by atoms with E-state index in [0.29, 0.717) is 66.7 Å². The van der Waals surface area contributed by atoms with Crippen LogP contribution >= 0.6 is 27.3 Å². The highest BCUT2D eigenvalue weighted by Crippen LogP contribution is 2.39. The minimum atomic E-state index is -0.848. The number of aromatic nitrogens is 1. The average Bonchev–Trinajstić information content (AvgIpc) is 3.37. The van der Waals surface area contributed by atoms with Crippen molar-refractivity contribution in [1.29, 1.82) is 0 Å². The van der Waals surface area contributed by atoms with E-state index in [1.807, 2.05) is 49.4 Å². The first-order valence-corrected chi connectivity index (χ1v) is 16.4. The fourth-order valence-electron chi connectivity index (χ4n) is 5.31. The topological polar surface area (TPSA) is 97.6 Å². The van der Waals surface area contributed by atoms with Crippen molar-refractivity contribution in [1.82, 2.24) is 4.57 Å². The van der Waals surface area contributed by atoms with Crippen LogP contribution in [0.2, 0.25) is 0 Å². The molecule has 11 heteroatoms. The van der Waals surface area contributed by atoms with E-state index in [4.69, 9.17) is 28.7 Å². The average molecular weight is 708 g/mol. The SMILES string of the molecule is CCCC1=C(C(=O)OCC)[C@@H](c2cc(OC)ccc2OC)n2c(s/c(=C\c3cc(Br)c(OCc4ccccc4)c(OC)c3)c2=O)=N1. The highest BCUT2D eigenvalue weighted by Gasteiger charge is 2.36. The molecule has 0 bridgehead atoms. The molecule has 1 atom stereocenters. The molecular weight excluding hydrogens is 672 g/mol. The predicted molar refractivity (Wildman–Crippen MR) is 181 cm³/mol. The number of thiazole rings is 1. The van der Waals surface area contributed by atoms with E-state index < -0.39 is 12.0 Å². The summed E-state index contributed by atoms with van der Waals surface area (Å²) in [4.78, 5) is 33.2. The molecule has 0 saturated carbocycles. The molecule has 4 aromatic rings. The number of fused-ring (bicyclic) bond motifs is 1. The van der Waals surface area contributed by atoms with Crippen LogP contribution in [0.3, 0.4) is 0 Å². The maximum Gasteiger partial charge on any atom is 0.338 e. The van der Waals surface area contributed by atoms with Crippen molar-refractivity contribution in [2.24, 2.45) is 4.99 Å². The lowest BCUT2D eigenvalue weighted by Gasteiger charge is -2.27. The number of ether oxygens (including phenoxy) is 5. The third-order valence-corrected chi connectivity index (χ3v) is 8.97. The Morgan fingerprint density at radius 1 is 1.00 bits per heavy atom. The molecule has 1 aliphatic heterocycles. The standard InChI is InChI=1S/C35H35BrN2O7S/c1-6-11-26-30(34(40)44-7-2)31(24-19-23(41-3)14-15-27(24)42-4)38-33(39)29(46-35(38)37-26)18-22-16-25(36)32(28(17-22)43-5)45-20-21-12-9-8-10-13-21/h8-10,12-19,31H,6-7,11,20H2,1-5H3/b29-18-/t31-/m1/s1. The lowest BCUT2D eigenvalue weighted by molar-refractivity contribution is -0.139.